The molecule has 0 aliphatic carbocycles. The molecule has 1 aromatic rings. The van der Waals surface area contributed by atoms with Crippen LogP contribution in [0.5, 0.6) is 0 Å². The van der Waals surface area contributed by atoms with Crippen LogP contribution in [0.1, 0.15) is 37.8 Å². The minimum Gasteiger partial charge on any atom is -0.377 e. The Morgan fingerprint density at radius 2 is 2.20 bits per heavy atom. The second kappa shape index (κ2) is 8.40. The normalized spacial score (nSPS) is 20.8. The Morgan fingerprint density at radius 1 is 1.35 bits per heavy atom. The first-order chi connectivity index (χ1) is 9.78. The molecule has 1 heterocycles. The van der Waals surface area contributed by atoms with Crippen LogP contribution in [0.4, 0.5) is 0 Å². The summed E-state index contributed by atoms with van der Waals surface area (Å²) >= 11 is 0. The van der Waals surface area contributed by atoms with E-state index < -0.39 is 0 Å². The average Bonchev–Trinajstić information content (AvgIpc) is 2.64. The van der Waals surface area contributed by atoms with Crippen molar-refractivity contribution in [3.63, 3.8) is 0 Å². The summed E-state index contributed by atoms with van der Waals surface area (Å²) in [7, 11) is 0. The van der Waals surface area contributed by atoms with Gasteiger partial charge < -0.3 is 10.1 Å². The molecule has 0 spiro atoms. The summed E-state index contributed by atoms with van der Waals surface area (Å²) in [5.41, 5.74) is 2.80. The second-order valence-electron chi connectivity index (χ2n) is 5.77. The Labute approximate surface area is 123 Å². The van der Waals surface area contributed by atoms with Crippen LogP contribution in [0.2, 0.25) is 0 Å². The van der Waals surface area contributed by atoms with Crippen LogP contribution in [0.25, 0.3) is 0 Å². The van der Waals surface area contributed by atoms with Crippen molar-refractivity contribution in [3.05, 3.63) is 35.4 Å². The molecule has 0 amide bonds. The Balaban J connectivity index is 1.89. The van der Waals surface area contributed by atoms with Crippen molar-refractivity contribution in [1.82, 2.24) is 10.2 Å². The lowest BCUT2D eigenvalue weighted by atomic mass is 10.1. The fourth-order valence-electron chi connectivity index (χ4n) is 2.73. The van der Waals surface area contributed by atoms with Gasteiger partial charge in [-0.3, -0.25) is 4.90 Å². The minimum absolute atomic E-state index is 0.354. The van der Waals surface area contributed by atoms with E-state index in [2.05, 4.69) is 48.3 Å². The standard InChI is InChI=1S/C17H28N2O/c1-3-8-18-12-16-6-4-7-17(11-16)14-19-9-5-10-20-15(2)13-19/h4,6-7,11,15,18H,3,5,8-10,12-14H2,1-2H3. The molecule has 0 bridgehead atoms. The van der Waals surface area contributed by atoms with Gasteiger partial charge in [0.15, 0.2) is 0 Å². The third kappa shape index (κ3) is 5.23. The maximum absolute atomic E-state index is 5.71. The summed E-state index contributed by atoms with van der Waals surface area (Å²) in [4.78, 5) is 2.51. The predicted molar refractivity (Wildman–Crippen MR) is 83.7 cm³/mol. The third-order valence-electron chi connectivity index (χ3n) is 3.69. The minimum atomic E-state index is 0.354. The lowest BCUT2D eigenvalue weighted by Crippen LogP contribution is -2.29. The highest BCUT2D eigenvalue weighted by Gasteiger charge is 2.15. The van der Waals surface area contributed by atoms with Gasteiger partial charge in [-0.2, -0.15) is 0 Å². The predicted octanol–water partition coefficient (Wildman–Crippen LogP) is 2.80. The molecule has 1 atom stereocenters. The van der Waals surface area contributed by atoms with Gasteiger partial charge in [0.1, 0.15) is 0 Å². The highest BCUT2D eigenvalue weighted by Crippen LogP contribution is 2.12. The van der Waals surface area contributed by atoms with Gasteiger partial charge in [0.25, 0.3) is 0 Å². The van der Waals surface area contributed by atoms with Crippen molar-refractivity contribution in [2.75, 3.05) is 26.2 Å². The molecule has 1 N–H and O–H groups in total. The summed E-state index contributed by atoms with van der Waals surface area (Å²) in [6.45, 7) is 10.6. The Kier molecular flexibility index (Phi) is 6.51. The van der Waals surface area contributed by atoms with Crippen molar-refractivity contribution < 1.29 is 4.74 Å². The van der Waals surface area contributed by atoms with Crippen LogP contribution in [0.15, 0.2) is 24.3 Å². The Bertz CT molecular complexity index is 394. The molecule has 1 aliphatic heterocycles. The number of hydrogen-bond donors (Lipinski definition) is 1. The number of nitrogens with one attached hydrogen (secondary N) is 1. The first-order valence-corrected chi connectivity index (χ1v) is 7.90. The zero-order valence-electron chi connectivity index (χ0n) is 12.9. The highest BCUT2D eigenvalue weighted by molar-refractivity contribution is 5.23. The molecule has 0 saturated carbocycles. The van der Waals surface area contributed by atoms with E-state index in [1.807, 2.05) is 0 Å². The molecular formula is C17H28N2O. The summed E-state index contributed by atoms with van der Waals surface area (Å²) < 4.78 is 5.71. The maximum Gasteiger partial charge on any atom is 0.0674 e. The topological polar surface area (TPSA) is 24.5 Å². The first kappa shape index (κ1) is 15.5. The van der Waals surface area contributed by atoms with Gasteiger partial charge in [-0.15, -0.1) is 0 Å². The number of nitrogens with zero attached hydrogens (tertiary/aromatic N) is 1. The van der Waals surface area contributed by atoms with E-state index in [1.165, 1.54) is 17.5 Å². The maximum atomic E-state index is 5.71. The zero-order valence-corrected chi connectivity index (χ0v) is 12.9. The fourth-order valence-corrected chi connectivity index (χ4v) is 2.73. The quantitative estimate of drug-likeness (QED) is 0.809. The molecule has 1 saturated heterocycles. The summed E-state index contributed by atoms with van der Waals surface area (Å²) in [5.74, 6) is 0. The van der Waals surface area contributed by atoms with Crippen molar-refractivity contribution in [1.29, 1.82) is 0 Å². The monoisotopic (exact) mass is 276 g/mol. The number of hydrogen-bond acceptors (Lipinski definition) is 3. The molecule has 20 heavy (non-hydrogen) atoms. The molecule has 0 radical (unpaired) electrons. The van der Waals surface area contributed by atoms with E-state index in [4.69, 9.17) is 4.74 Å². The van der Waals surface area contributed by atoms with E-state index in [0.29, 0.717) is 6.10 Å². The molecule has 1 unspecified atom stereocenters. The zero-order chi connectivity index (χ0) is 14.2. The summed E-state index contributed by atoms with van der Waals surface area (Å²) in [5, 5.41) is 3.47. The largest absolute Gasteiger partial charge is 0.377 e. The van der Waals surface area contributed by atoms with Crippen LogP contribution in [0.3, 0.4) is 0 Å². The molecule has 3 heteroatoms. The summed E-state index contributed by atoms with van der Waals surface area (Å²) in [6.07, 6.45) is 2.68. The number of benzene rings is 1. The van der Waals surface area contributed by atoms with Gasteiger partial charge in [0.05, 0.1) is 6.10 Å². The van der Waals surface area contributed by atoms with Crippen LogP contribution in [0, 0.1) is 0 Å². The van der Waals surface area contributed by atoms with Crippen LogP contribution < -0.4 is 5.32 Å². The Morgan fingerprint density at radius 3 is 3.05 bits per heavy atom. The van der Waals surface area contributed by atoms with Gasteiger partial charge in [-0.1, -0.05) is 31.2 Å². The van der Waals surface area contributed by atoms with E-state index in [-0.39, 0.29) is 0 Å². The van der Waals surface area contributed by atoms with E-state index in [1.54, 1.807) is 0 Å². The van der Waals surface area contributed by atoms with E-state index >= 15 is 0 Å². The van der Waals surface area contributed by atoms with Crippen molar-refractivity contribution >= 4 is 0 Å². The molecule has 2 rings (SSSR count). The molecule has 1 aliphatic rings. The molecule has 0 aromatic heterocycles. The van der Waals surface area contributed by atoms with Crippen molar-refractivity contribution in [3.8, 4) is 0 Å². The smallest absolute Gasteiger partial charge is 0.0674 e. The summed E-state index contributed by atoms with van der Waals surface area (Å²) in [6, 6.07) is 8.95. The lowest BCUT2D eigenvalue weighted by Gasteiger charge is -2.22. The van der Waals surface area contributed by atoms with Crippen molar-refractivity contribution in [2.24, 2.45) is 0 Å². The van der Waals surface area contributed by atoms with Gasteiger partial charge in [-0.25, -0.2) is 0 Å². The van der Waals surface area contributed by atoms with Crippen LogP contribution >= 0.6 is 0 Å². The first-order valence-electron chi connectivity index (χ1n) is 7.90. The molecule has 3 nitrogen and oxygen atoms in total. The molecule has 112 valence electrons. The van der Waals surface area contributed by atoms with Gasteiger partial charge in [-0.05, 0) is 37.4 Å². The van der Waals surface area contributed by atoms with Gasteiger partial charge >= 0.3 is 0 Å². The molecular weight excluding hydrogens is 248 g/mol. The molecule has 1 aromatic carbocycles. The lowest BCUT2D eigenvalue weighted by molar-refractivity contribution is 0.0668. The Hall–Kier alpha value is -0.900. The number of ether oxygens (including phenoxy) is 1. The number of rotatable bonds is 6. The third-order valence-corrected chi connectivity index (χ3v) is 3.69. The van der Waals surface area contributed by atoms with Crippen LogP contribution in [-0.2, 0) is 17.8 Å². The van der Waals surface area contributed by atoms with Gasteiger partial charge in [0.2, 0.25) is 0 Å². The van der Waals surface area contributed by atoms with Gasteiger partial charge in [0, 0.05) is 32.8 Å². The second-order valence-corrected chi connectivity index (χ2v) is 5.77. The SMILES string of the molecule is CCCNCc1cccc(CN2CCCOC(C)C2)c1. The van der Waals surface area contributed by atoms with Crippen molar-refractivity contribution in [2.45, 2.75) is 45.9 Å². The average molecular weight is 276 g/mol. The fraction of sp³-hybridized carbons (Fsp3) is 0.647. The van der Waals surface area contributed by atoms with E-state index in [9.17, 15) is 0 Å². The highest BCUT2D eigenvalue weighted by atomic mass is 16.5. The van der Waals surface area contributed by atoms with E-state index in [0.717, 1.165) is 45.8 Å². The molecule has 1 fully saturated rings. The van der Waals surface area contributed by atoms with Crippen LogP contribution in [-0.4, -0.2) is 37.2 Å².